The Kier molecular flexibility index (Phi) is 5.82. The number of hydrogen-bond donors (Lipinski definition) is 3. The maximum absolute atomic E-state index is 12.1. The van der Waals surface area contributed by atoms with E-state index in [1.165, 1.54) is 0 Å². The van der Waals surface area contributed by atoms with Gasteiger partial charge in [-0.25, -0.2) is 4.98 Å². The molecule has 0 unspecified atom stereocenters. The summed E-state index contributed by atoms with van der Waals surface area (Å²) in [6, 6.07) is 13.9. The van der Waals surface area contributed by atoms with Crippen LogP contribution in [0.1, 0.15) is 23.7 Å². The molecule has 120 valence electrons. The number of amides is 2. The molecule has 1 atom stereocenters. The lowest BCUT2D eigenvalue weighted by atomic mass is 10.0. The number of anilines is 1. The van der Waals surface area contributed by atoms with Crippen molar-refractivity contribution >= 4 is 17.6 Å². The van der Waals surface area contributed by atoms with E-state index in [1.807, 2.05) is 30.3 Å². The molecule has 0 aliphatic heterocycles. The summed E-state index contributed by atoms with van der Waals surface area (Å²) < 4.78 is 0. The van der Waals surface area contributed by atoms with E-state index in [1.54, 1.807) is 25.1 Å². The van der Waals surface area contributed by atoms with Crippen LogP contribution in [0.4, 0.5) is 5.82 Å². The van der Waals surface area contributed by atoms with Gasteiger partial charge >= 0.3 is 11.8 Å². The van der Waals surface area contributed by atoms with Gasteiger partial charge in [0.05, 0.1) is 6.04 Å². The molecule has 2 amide bonds. The molecule has 0 saturated heterocycles. The van der Waals surface area contributed by atoms with Crippen LogP contribution in [0.25, 0.3) is 0 Å². The van der Waals surface area contributed by atoms with Gasteiger partial charge in [0.25, 0.3) is 0 Å². The summed E-state index contributed by atoms with van der Waals surface area (Å²) in [5, 5.41) is 14.2. The van der Waals surface area contributed by atoms with Crippen molar-refractivity contribution < 1.29 is 14.7 Å². The molecule has 0 fully saturated rings. The second-order valence-electron chi connectivity index (χ2n) is 5.07. The Morgan fingerprint density at radius 3 is 2.48 bits per heavy atom. The Bertz CT molecular complexity index is 674. The van der Waals surface area contributed by atoms with Crippen molar-refractivity contribution in [2.75, 3.05) is 11.9 Å². The Balaban J connectivity index is 2.02. The van der Waals surface area contributed by atoms with Crippen LogP contribution in [0, 0.1) is 6.92 Å². The quantitative estimate of drug-likeness (QED) is 0.731. The zero-order valence-corrected chi connectivity index (χ0v) is 12.8. The van der Waals surface area contributed by atoms with Gasteiger partial charge < -0.3 is 15.7 Å². The third-order valence-electron chi connectivity index (χ3n) is 3.26. The van der Waals surface area contributed by atoms with Crippen molar-refractivity contribution in [1.29, 1.82) is 0 Å². The molecule has 3 N–H and O–H groups in total. The summed E-state index contributed by atoms with van der Waals surface area (Å²) in [7, 11) is 0. The second-order valence-corrected chi connectivity index (χ2v) is 5.07. The molecule has 0 radical (unpaired) electrons. The fourth-order valence-corrected chi connectivity index (χ4v) is 2.15. The molecular weight excluding hydrogens is 294 g/mol. The number of aliphatic hydroxyl groups excluding tert-OH is 1. The van der Waals surface area contributed by atoms with Gasteiger partial charge in [-0.15, -0.1) is 0 Å². The number of nitrogens with zero attached hydrogens (tertiary/aromatic N) is 1. The molecule has 1 heterocycles. The molecule has 2 rings (SSSR count). The molecule has 1 aromatic heterocycles. The van der Waals surface area contributed by atoms with Gasteiger partial charge in [0.1, 0.15) is 5.82 Å². The summed E-state index contributed by atoms with van der Waals surface area (Å²) >= 11 is 0. The number of benzene rings is 1. The summed E-state index contributed by atoms with van der Waals surface area (Å²) in [6.07, 6.45) is 0.325. The number of pyridine rings is 1. The fraction of sp³-hybridized carbons (Fsp3) is 0.235. The smallest absolute Gasteiger partial charge is 0.314 e. The zero-order chi connectivity index (χ0) is 16.7. The van der Waals surface area contributed by atoms with Gasteiger partial charge in [-0.1, -0.05) is 36.4 Å². The van der Waals surface area contributed by atoms with E-state index < -0.39 is 17.9 Å². The summed E-state index contributed by atoms with van der Waals surface area (Å²) in [5.41, 5.74) is 1.57. The van der Waals surface area contributed by atoms with Gasteiger partial charge in [0, 0.05) is 12.3 Å². The minimum atomic E-state index is -0.790. The Morgan fingerprint density at radius 1 is 1.09 bits per heavy atom. The molecule has 0 bridgehead atoms. The fourth-order valence-electron chi connectivity index (χ4n) is 2.15. The molecule has 6 nitrogen and oxygen atoms in total. The molecule has 6 heteroatoms. The highest BCUT2D eigenvalue weighted by atomic mass is 16.3. The molecule has 0 aliphatic carbocycles. The lowest BCUT2D eigenvalue weighted by Crippen LogP contribution is -2.38. The van der Waals surface area contributed by atoms with E-state index in [4.69, 9.17) is 5.11 Å². The first kappa shape index (κ1) is 16.6. The van der Waals surface area contributed by atoms with Crippen LogP contribution in [-0.4, -0.2) is 28.5 Å². The number of aryl methyl sites for hydroxylation is 1. The maximum Gasteiger partial charge on any atom is 0.314 e. The lowest BCUT2D eigenvalue weighted by molar-refractivity contribution is -0.136. The monoisotopic (exact) mass is 313 g/mol. The van der Waals surface area contributed by atoms with Gasteiger partial charge in [-0.3, -0.25) is 9.59 Å². The van der Waals surface area contributed by atoms with E-state index in [-0.39, 0.29) is 6.61 Å². The first-order chi connectivity index (χ1) is 11.1. The topological polar surface area (TPSA) is 91.3 Å². The predicted octanol–water partition coefficient (Wildman–Crippen LogP) is 1.57. The summed E-state index contributed by atoms with van der Waals surface area (Å²) in [6.45, 7) is 1.70. The van der Waals surface area contributed by atoms with Crippen molar-refractivity contribution in [3.63, 3.8) is 0 Å². The van der Waals surface area contributed by atoms with Crippen LogP contribution in [-0.2, 0) is 9.59 Å². The zero-order valence-electron chi connectivity index (χ0n) is 12.8. The average molecular weight is 313 g/mol. The highest BCUT2D eigenvalue weighted by molar-refractivity contribution is 6.39. The van der Waals surface area contributed by atoms with Crippen molar-refractivity contribution in [3.05, 3.63) is 59.8 Å². The van der Waals surface area contributed by atoms with Crippen molar-refractivity contribution in [3.8, 4) is 0 Å². The standard InChI is InChI=1S/C17H19N3O3/c1-12-6-5-9-15(18-12)20-17(23)16(22)19-14(10-11-21)13-7-3-2-4-8-13/h2-9,14,21H,10-11H2,1H3,(H,19,22)(H,18,20,23)/t14-/m1/s1. The Morgan fingerprint density at radius 2 is 1.83 bits per heavy atom. The number of carbonyl (C=O) groups is 2. The van der Waals surface area contributed by atoms with Crippen LogP contribution in [0.15, 0.2) is 48.5 Å². The summed E-state index contributed by atoms with van der Waals surface area (Å²) in [4.78, 5) is 28.1. The van der Waals surface area contributed by atoms with Crippen LogP contribution in [0.5, 0.6) is 0 Å². The van der Waals surface area contributed by atoms with Gasteiger partial charge in [-0.2, -0.15) is 0 Å². The number of rotatable bonds is 5. The number of hydrogen-bond acceptors (Lipinski definition) is 4. The molecular formula is C17H19N3O3. The average Bonchev–Trinajstić information content (AvgIpc) is 2.55. The first-order valence-corrected chi connectivity index (χ1v) is 7.31. The second kappa shape index (κ2) is 8.05. The van der Waals surface area contributed by atoms with E-state index in [9.17, 15) is 9.59 Å². The van der Waals surface area contributed by atoms with Gasteiger partial charge in [-0.05, 0) is 31.0 Å². The largest absolute Gasteiger partial charge is 0.396 e. The Hall–Kier alpha value is -2.73. The van der Waals surface area contributed by atoms with Crippen molar-refractivity contribution in [2.45, 2.75) is 19.4 Å². The predicted molar refractivity (Wildman–Crippen MR) is 86.6 cm³/mol. The molecule has 0 saturated carbocycles. The lowest BCUT2D eigenvalue weighted by Gasteiger charge is -2.18. The van der Waals surface area contributed by atoms with Gasteiger partial charge in [0.15, 0.2) is 0 Å². The number of carbonyl (C=O) groups excluding carboxylic acids is 2. The van der Waals surface area contributed by atoms with Crippen molar-refractivity contribution in [1.82, 2.24) is 10.3 Å². The van der Waals surface area contributed by atoms with Crippen LogP contribution < -0.4 is 10.6 Å². The van der Waals surface area contributed by atoms with Crippen LogP contribution in [0.2, 0.25) is 0 Å². The minimum Gasteiger partial charge on any atom is -0.396 e. The van der Waals surface area contributed by atoms with Crippen LogP contribution >= 0.6 is 0 Å². The highest BCUT2D eigenvalue weighted by Crippen LogP contribution is 2.16. The SMILES string of the molecule is Cc1cccc(NC(=O)C(=O)N[C@H](CCO)c2ccccc2)n1. The van der Waals surface area contributed by atoms with E-state index in [2.05, 4.69) is 15.6 Å². The molecule has 0 aliphatic rings. The van der Waals surface area contributed by atoms with Crippen LogP contribution in [0.3, 0.4) is 0 Å². The van der Waals surface area contributed by atoms with E-state index in [0.717, 1.165) is 11.3 Å². The molecule has 0 spiro atoms. The number of aromatic nitrogens is 1. The number of aliphatic hydroxyl groups is 1. The molecule has 23 heavy (non-hydrogen) atoms. The third kappa shape index (κ3) is 4.89. The minimum absolute atomic E-state index is 0.0963. The Labute approximate surface area is 134 Å². The third-order valence-corrected chi connectivity index (χ3v) is 3.26. The van der Waals surface area contributed by atoms with E-state index in [0.29, 0.717) is 12.2 Å². The molecule has 2 aromatic rings. The van der Waals surface area contributed by atoms with Crippen molar-refractivity contribution in [2.24, 2.45) is 0 Å². The first-order valence-electron chi connectivity index (χ1n) is 7.31. The van der Waals surface area contributed by atoms with Gasteiger partial charge in [0.2, 0.25) is 0 Å². The molecule has 1 aromatic carbocycles. The highest BCUT2D eigenvalue weighted by Gasteiger charge is 2.20. The summed E-state index contributed by atoms with van der Waals surface area (Å²) in [5.74, 6) is -1.24. The maximum atomic E-state index is 12.1. The van der Waals surface area contributed by atoms with E-state index >= 15 is 0 Å². The number of nitrogens with one attached hydrogen (secondary N) is 2. The normalized spacial score (nSPS) is 11.6.